The van der Waals surface area contributed by atoms with Gasteiger partial charge in [0, 0.05) is 22.1 Å². The van der Waals surface area contributed by atoms with Gasteiger partial charge in [-0.2, -0.15) is 4.98 Å². The molecule has 150 valence electrons. The molecule has 0 saturated heterocycles. The van der Waals surface area contributed by atoms with E-state index in [0.29, 0.717) is 11.3 Å². The molecular weight excluding hydrogens is 438 g/mol. The number of benzene rings is 1. The van der Waals surface area contributed by atoms with Crippen molar-refractivity contribution < 1.29 is 9.66 Å². The summed E-state index contributed by atoms with van der Waals surface area (Å²) in [5.74, 6) is 0.489. The average molecular weight is 458 g/mol. The van der Waals surface area contributed by atoms with Crippen molar-refractivity contribution in [3.8, 4) is 11.6 Å². The molecule has 29 heavy (non-hydrogen) atoms. The van der Waals surface area contributed by atoms with Crippen LogP contribution in [0.5, 0.6) is 11.6 Å². The third-order valence-corrected chi connectivity index (χ3v) is 5.74. The maximum Gasteiger partial charge on any atom is 0.373 e. The number of rotatable bonds is 5. The van der Waals surface area contributed by atoms with E-state index in [1.165, 1.54) is 19.2 Å². The molecule has 3 aromatic rings. The van der Waals surface area contributed by atoms with Crippen LogP contribution in [0.4, 0.5) is 11.5 Å². The van der Waals surface area contributed by atoms with Gasteiger partial charge in [-0.3, -0.25) is 15.1 Å². The summed E-state index contributed by atoms with van der Waals surface area (Å²) in [6.07, 6.45) is 9.49. The zero-order chi connectivity index (χ0) is 20.2. The van der Waals surface area contributed by atoms with Crippen LogP contribution in [-0.2, 0) is 0 Å². The van der Waals surface area contributed by atoms with Crippen LogP contribution < -0.4 is 10.1 Å². The monoisotopic (exact) mass is 457 g/mol. The Kier molecular flexibility index (Phi) is 5.84. The Morgan fingerprint density at radius 2 is 1.90 bits per heavy atom. The molecule has 4 rings (SSSR count). The van der Waals surface area contributed by atoms with E-state index in [-0.39, 0.29) is 23.4 Å². The highest BCUT2D eigenvalue weighted by Gasteiger charge is 2.27. The van der Waals surface area contributed by atoms with Crippen LogP contribution in [0, 0.1) is 10.1 Å². The quantitative estimate of drug-likeness (QED) is 0.301. The van der Waals surface area contributed by atoms with Gasteiger partial charge in [0.25, 0.3) is 0 Å². The molecule has 0 bridgehead atoms. The van der Waals surface area contributed by atoms with Crippen LogP contribution in [0.3, 0.4) is 0 Å². The number of hydrogen-bond donors (Lipinski definition) is 1. The molecule has 0 aliphatic heterocycles. The van der Waals surface area contributed by atoms with Crippen molar-refractivity contribution in [2.45, 2.75) is 44.6 Å². The second-order valence-corrected chi connectivity index (χ2v) is 7.87. The van der Waals surface area contributed by atoms with E-state index in [2.05, 4.69) is 36.2 Å². The van der Waals surface area contributed by atoms with Gasteiger partial charge in [-0.1, -0.05) is 47.7 Å². The standard InChI is InChI=1S/C20H20BrN5O3/c21-15-9-10-16(17-14(15)8-5-11-22-17)29-20-18(26(27)28)19(23-12-24-20)25-13-6-3-1-2-4-7-13/h5,8-13H,1-4,6-7H2,(H,23,24,25). The smallest absolute Gasteiger partial charge is 0.373 e. The van der Waals surface area contributed by atoms with E-state index in [1.54, 1.807) is 12.3 Å². The average Bonchev–Trinajstić information content (AvgIpc) is 2.99. The number of hydrogen-bond acceptors (Lipinski definition) is 7. The Labute approximate surface area is 176 Å². The van der Waals surface area contributed by atoms with Gasteiger partial charge in [0.15, 0.2) is 5.75 Å². The zero-order valence-corrected chi connectivity index (χ0v) is 17.3. The Morgan fingerprint density at radius 1 is 1.10 bits per heavy atom. The lowest BCUT2D eigenvalue weighted by atomic mass is 10.1. The predicted molar refractivity (Wildman–Crippen MR) is 113 cm³/mol. The van der Waals surface area contributed by atoms with Gasteiger partial charge in [-0.05, 0) is 31.0 Å². The van der Waals surface area contributed by atoms with Crippen molar-refractivity contribution in [3.63, 3.8) is 0 Å². The highest BCUT2D eigenvalue weighted by atomic mass is 79.9. The van der Waals surface area contributed by atoms with Crippen molar-refractivity contribution in [2.24, 2.45) is 0 Å². The molecule has 1 saturated carbocycles. The molecule has 0 spiro atoms. The first-order valence-electron chi connectivity index (χ1n) is 9.60. The summed E-state index contributed by atoms with van der Waals surface area (Å²) in [6.45, 7) is 0. The second kappa shape index (κ2) is 8.69. The van der Waals surface area contributed by atoms with Crippen molar-refractivity contribution in [2.75, 3.05) is 5.32 Å². The molecule has 8 nitrogen and oxygen atoms in total. The number of aromatic nitrogens is 3. The van der Waals surface area contributed by atoms with E-state index < -0.39 is 4.92 Å². The lowest BCUT2D eigenvalue weighted by Crippen LogP contribution is -2.20. The summed E-state index contributed by atoms with van der Waals surface area (Å²) in [5.41, 5.74) is 0.330. The summed E-state index contributed by atoms with van der Waals surface area (Å²) < 4.78 is 6.74. The zero-order valence-electron chi connectivity index (χ0n) is 15.7. The summed E-state index contributed by atoms with van der Waals surface area (Å²) in [5, 5.41) is 15.9. The molecule has 9 heteroatoms. The largest absolute Gasteiger partial charge is 0.431 e. The lowest BCUT2D eigenvalue weighted by molar-refractivity contribution is -0.385. The number of anilines is 1. The molecule has 1 N–H and O–H groups in total. The van der Waals surface area contributed by atoms with E-state index in [0.717, 1.165) is 35.5 Å². The fraction of sp³-hybridized carbons (Fsp3) is 0.350. The topological polar surface area (TPSA) is 103 Å². The Bertz CT molecular complexity index is 1040. The minimum atomic E-state index is -0.497. The van der Waals surface area contributed by atoms with Crippen LogP contribution in [0.15, 0.2) is 41.3 Å². The molecule has 0 unspecified atom stereocenters. The molecule has 1 aliphatic carbocycles. The van der Waals surface area contributed by atoms with Crippen molar-refractivity contribution >= 4 is 38.3 Å². The molecule has 1 aromatic carbocycles. The number of ether oxygens (including phenoxy) is 1. The van der Waals surface area contributed by atoms with Crippen molar-refractivity contribution in [1.82, 2.24) is 15.0 Å². The van der Waals surface area contributed by atoms with E-state index in [1.807, 2.05) is 18.2 Å². The first-order chi connectivity index (χ1) is 14.1. The van der Waals surface area contributed by atoms with Gasteiger partial charge in [0.05, 0.1) is 4.92 Å². The lowest BCUT2D eigenvalue weighted by Gasteiger charge is -2.17. The van der Waals surface area contributed by atoms with Crippen molar-refractivity contribution in [3.05, 3.63) is 51.4 Å². The first kappa shape index (κ1) is 19.5. The Hall–Kier alpha value is -2.81. The SMILES string of the molecule is O=[N+]([O-])c1c(NC2CCCCCC2)ncnc1Oc1ccc(Br)c2cccnc12. The fourth-order valence-corrected chi connectivity index (χ4v) is 4.08. The highest BCUT2D eigenvalue weighted by molar-refractivity contribution is 9.10. The number of pyridine rings is 1. The van der Waals surface area contributed by atoms with Crippen molar-refractivity contribution in [1.29, 1.82) is 0 Å². The van der Waals surface area contributed by atoms with Gasteiger partial charge in [0.2, 0.25) is 5.82 Å². The molecule has 0 radical (unpaired) electrons. The highest BCUT2D eigenvalue weighted by Crippen LogP contribution is 2.38. The third-order valence-electron chi connectivity index (χ3n) is 5.05. The van der Waals surface area contributed by atoms with Crippen LogP contribution in [-0.4, -0.2) is 25.9 Å². The van der Waals surface area contributed by atoms with Crippen LogP contribution in [0.2, 0.25) is 0 Å². The number of halogens is 1. The normalized spacial score (nSPS) is 15.1. The van der Waals surface area contributed by atoms with E-state index in [4.69, 9.17) is 4.74 Å². The molecule has 0 atom stereocenters. The summed E-state index contributed by atoms with van der Waals surface area (Å²) >= 11 is 3.49. The molecule has 2 heterocycles. The molecule has 1 aliphatic rings. The van der Waals surface area contributed by atoms with Gasteiger partial charge in [-0.15, -0.1) is 0 Å². The van der Waals surface area contributed by atoms with Crippen LogP contribution in [0.25, 0.3) is 10.9 Å². The van der Waals surface area contributed by atoms with Gasteiger partial charge >= 0.3 is 11.6 Å². The summed E-state index contributed by atoms with van der Waals surface area (Å²) in [6, 6.07) is 7.40. The third kappa shape index (κ3) is 4.29. The Balaban J connectivity index is 1.69. The number of fused-ring (bicyclic) bond motifs is 1. The molecule has 2 aromatic heterocycles. The number of nitro groups is 1. The minimum absolute atomic E-state index is 0.101. The molecule has 1 fully saturated rings. The predicted octanol–water partition coefficient (Wildman–Crippen LogP) is 5.62. The first-order valence-corrected chi connectivity index (χ1v) is 10.4. The molecule has 0 amide bonds. The van der Waals surface area contributed by atoms with E-state index >= 15 is 0 Å². The van der Waals surface area contributed by atoms with E-state index in [9.17, 15) is 10.1 Å². The van der Waals surface area contributed by atoms with Gasteiger partial charge in [-0.25, -0.2) is 4.98 Å². The summed E-state index contributed by atoms with van der Waals surface area (Å²) in [7, 11) is 0. The fourth-order valence-electron chi connectivity index (χ4n) is 3.62. The van der Waals surface area contributed by atoms with Gasteiger partial charge in [0.1, 0.15) is 11.8 Å². The Morgan fingerprint density at radius 3 is 2.66 bits per heavy atom. The minimum Gasteiger partial charge on any atom is -0.431 e. The molecular formula is C20H20BrN5O3. The maximum absolute atomic E-state index is 11.8. The maximum atomic E-state index is 11.8. The summed E-state index contributed by atoms with van der Waals surface area (Å²) in [4.78, 5) is 23.9. The number of nitrogens with one attached hydrogen (secondary N) is 1. The second-order valence-electron chi connectivity index (χ2n) is 7.01. The van der Waals surface area contributed by atoms with Crippen LogP contribution in [0.1, 0.15) is 38.5 Å². The van der Waals surface area contributed by atoms with Gasteiger partial charge < -0.3 is 10.1 Å². The number of nitrogens with zero attached hydrogens (tertiary/aromatic N) is 4. The van der Waals surface area contributed by atoms with Crippen LogP contribution >= 0.6 is 15.9 Å².